The van der Waals surface area contributed by atoms with Gasteiger partial charge in [-0.3, -0.25) is 0 Å². The molecule has 0 amide bonds. The Bertz CT molecular complexity index is 392. The molecule has 0 unspecified atom stereocenters. The summed E-state index contributed by atoms with van der Waals surface area (Å²) in [5.74, 6) is 0. The van der Waals surface area contributed by atoms with E-state index in [0.717, 1.165) is 0 Å². The van der Waals surface area contributed by atoms with Crippen LogP contribution in [0.3, 0.4) is 0 Å². The first-order chi connectivity index (χ1) is 7.66. The summed E-state index contributed by atoms with van der Waals surface area (Å²) in [6.07, 6.45) is 0. The zero-order valence-electron chi connectivity index (χ0n) is 8.24. The van der Waals surface area contributed by atoms with Crippen LogP contribution in [0.1, 0.15) is 0 Å². The van der Waals surface area contributed by atoms with Crippen LogP contribution in [0.2, 0.25) is 0 Å². The number of hydrogen-bond donors (Lipinski definition) is 0. The summed E-state index contributed by atoms with van der Waals surface area (Å²) < 4.78 is 0. The summed E-state index contributed by atoms with van der Waals surface area (Å²) in [7, 11) is -8.76. The van der Waals surface area contributed by atoms with Gasteiger partial charge in [-0.05, 0) is 0 Å². The molecule has 0 heterocycles. The first-order valence-electron chi connectivity index (χ1n) is 3.52. The molecule has 0 saturated heterocycles. The van der Waals surface area contributed by atoms with Crippen molar-refractivity contribution in [2.45, 2.75) is 0 Å². The molecule has 9 heteroatoms. The van der Waals surface area contributed by atoms with Gasteiger partial charge in [0.1, 0.15) is 0 Å². The van der Waals surface area contributed by atoms with E-state index in [1.807, 2.05) is 0 Å². The fourth-order valence-electron chi connectivity index (χ4n) is 0.550. The number of carbonyl (C=O) groups is 8. The summed E-state index contributed by atoms with van der Waals surface area (Å²) in [5, 5.41) is -8.25. The van der Waals surface area contributed by atoms with Gasteiger partial charge >= 0.3 is 88.5 Å². The summed E-state index contributed by atoms with van der Waals surface area (Å²) in [4.78, 5) is 89.4. The molecule has 0 radical (unpaired) electrons. The molecule has 0 rings (SSSR count). The molecule has 17 heavy (non-hydrogen) atoms. The van der Waals surface area contributed by atoms with Gasteiger partial charge in [0.15, 0.2) is 0 Å². The second-order valence-corrected chi connectivity index (χ2v) is 16.4. The number of rotatable bonds is 8. The average molecular weight is 288 g/mol. The Morgan fingerprint density at radius 1 is 0.353 bits per heavy atom. The predicted octanol–water partition coefficient (Wildman–Crippen LogP) is -2.20. The molecule has 0 aliphatic rings. The third kappa shape index (κ3) is 0.675. The van der Waals surface area contributed by atoms with Crippen molar-refractivity contribution in [3.05, 3.63) is 0 Å². The van der Waals surface area contributed by atoms with Crippen LogP contribution in [-0.2, 0) is 47.0 Å². The van der Waals surface area contributed by atoms with Crippen LogP contribution in [0.5, 0.6) is 0 Å². The van der Waals surface area contributed by atoms with Gasteiger partial charge in [0.2, 0.25) is 0 Å². The van der Waals surface area contributed by atoms with Crippen molar-refractivity contribution >= 4 is 41.5 Å². The van der Waals surface area contributed by atoms with E-state index in [1.54, 1.807) is 0 Å². The topological polar surface area (TPSA) is 137 Å². The Labute approximate surface area is 88.9 Å². The molecule has 0 aromatic carbocycles. The summed E-state index contributed by atoms with van der Waals surface area (Å²) in [6, 6.07) is 0. The summed E-state index contributed by atoms with van der Waals surface area (Å²) >= 11 is 0. The molecular formula is C8H8FeO8. The normalized spacial score (nSPS) is 19.8. The van der Waals surface area contributed by atoms with Crippen molar-refractivity contribution in [2.24, 2.45) is 0 Å². The molecule has 0 spiro atoms. The first-order valence-corrected chi connectivity index (χ1v) is 8.62. The predicted molar refractivity (Wildman–Crippen MR) is 54.0 cm³/mol. The zero-order chi connectivity index (χ0) is 14.0. The van der Waals surface area contributed by atoms with E-state index in [-0.39, 0.29) is 0 Å². The van der Waals surface area contributed by atoms with Gasteiger partial charge in [0.05, 0.1) is 0 Å². The number of hydrogen-bond acceptors (Lipinski definition) is 8. The van der Waals surface area contributed by atoms with E-state index in [9.17, 15) is 38.4 Å². The zero-order valence-corrected chi connectivity index (χ0v) is 9.34. The Morgan fingerprint density at radius 2 is 0.471 bits per heavy atom. The fraction of sp³-hybridized carbons (Fsp3) is 0. The van der Waals surface area contributed by atoms with E-state index in [2.05, 4.69) is 0 Å². The summed E-state index contributed by atoms with van der Waals surface area (Å²) in [5.41, 5.74) is 0. The van der Waals surface area contributed by atoms with E-state index in [4.69, 9.17) is 0 Å². The van der Waals surface area contributed by atoms with Gasteiger partial charge in [0, 0.05) is 0 Å². The van der Waals surface area contributed by atoms with Crippen molar-refractivity contribution in [2.75, 3.05) is 0 Å². The molecule has 0 N–H and O–H groups in total. The molecule has 0 aliphatic carbocycles. The van der Waals surface area contributed by atoms with Gasteiger partial charge in [-0.1, -0.05) is 0 Å². The van der Waals surface area contributed by atoms with Crippen LogP contribution in [0.15, 0.2) is 0 Å². The monoisotopic (exact) mass is 288 g/mol. The quantitative estimate of drug-likeness (QED) is 0.362. The molecule has 96 valence electrons. The first kappa shape index (κ1) is 14.9. The van der Waals surface area contributed by atoms with Crippen LogP contribution in [0, 0.1) is 0 Å². The molecule has 0 fully saturated rings. The van der Waals surface area contributed by atoms with Crippen molar-refractivity contribution in [3.63, 3.8) is 0 Å². The standard InChI is InChI=1S/8CHO.Fe/c8*1-2;/h8*1H;. The van der Waals surface area contributed by atoms with E-state index in [0.29, 0.717) is 0 Å². The van der Waals surface area contributed by atoms with E-state index < -0.39 is 50.1 Å². The Kier molecular flexibility index (Phi) is 1.76. The van der Waals surface area contributed by atoms with Crippen molar-refractivity contribution in [3.8, 4) is 0 Å². The average Bonchev–Trinajstić information content (AvgIpc) is 2.48. The molecule has 8 nitrogen and oxygen atoms in total. The SMILES string of the molecule is O=[CH][Fe]([CH]=O)([CH]=O)([CH]=O)([CH]=O)([CH]=O)([CH]=O)[CH]=O. The minimum atomic E-state index is -8.76. The second kappa shape index (κ2) is 2.01. The Morgan fingerprint density at radius 3 is 0.471 bits per heavy atom. The maximum absolute atomic E-state index is 11.2. The summed E-state index contributed by atoms with van der Waals surface area (Å²) in [6.45, 7) is 0. The minimum absolute atomic E-state index is 1.03. The number of carbonyl (C=O) groups excluding carboxylic acids is 8. The van der Waals surface area contributed by atoms with Gasteiger partial charge in [-0.25, -0.2) is 0 Å². The van der Waals surface area contributed by atoms with Gasteiger partial charge in [0.25, 0.3) is 0 Å². The van der Waals surface area contributed by atoms with Crippen LogP contribution in [0.4, 0.5) is 0 Å². The molecular weight excluding hydrogens is 280 g/mol. The van der Waals surface area contributed by atoms with Crippen molar-refractivity contribution < 1.29 is 47.0 Å². The molecule has 0 aromatic rings. The third-order valence-corrected chi connectivity index (χ3v) is 11.1. The van der Waals surface area contributed by atoms with Crippen LogP contribution < -0.4 is 0 Å². The van der Waals surface area contributed by atoms with Crippen molar-refractivity contribution in [1.29, 1.82) is 0 Å². The second-order valence-electron chi connectivity index (χ2n) is 3.97. The van der Waals surface area contributed by atoms with Gasteiger partial charge in [-0.15, -0.1) is 0 Å². The van der Waals surface area contributed by atoms with Crippen LogP contribution in [0.25, 0.3) is 0 Å². The Balaban J connectivity index is 8.48. The van der Waals surface area contributed by atoms with E-state index >= 15 is 0 Å². The third-order valence-electron chi connectivity index (χ3n) is 2.69. The van der Waals surface area contributed by atoms with Gasteiger partial charge in [-0.2, -0.15) is 0 Å². The molecule has 0 aliphatic heterocycles. The molecule has 0 atom stereocenters. The van der Waals surface area contributed by atoms with Crippen molar-refractivity contribution in [1.82, 2.24) is 0 Å². The molecule has 0 aromatic heterocycles. The van der Waals surface area contributed by atoms with E-state index in [1.165, 1.54) is 0 Å². The van der Waals surface area contributed by atoms with Crippen LogP contribution >= 0.6 is 0 Å². The maximum atomic E-state index is 11.2. The van der Waals surface area contributed by atoms with Crippen LogP contribution in [-0.4, -0.2) is 41.5 Å². The molecule has 0 bridgehead atoms. The molecule has 0 saturated carbocycles. The fourth-order valence-corrected chi connectivity index (χ4v) is 2.27. The van der Waals surface area contributed by atoms with Gasteiger partial charge < -0.3 is 0 Å². The Hall–Kier alpha value is -2.12.